The van der Waals surface area contributed by atoms with Gasteiger partial charge in [0.15, 0.2) is 4.77 Å². The lowest BCUT2D eigenvalue weighted by molar-refractivity contribution is 1.09. The van der Waals surface area contributed by atoms with Crippen molar-refractivity contribution in [3.8, 4) is 0 Å². The Hall–Kier alpha value is -1.69. The molecule has 0 aromatic carbocycles. The van der Waals surface area contributed by atoms with Gasteiger partial charge in [0, 0.05) is 6.07 Å². The summed E-state index contributed by atoms with van der Waals surface area (Å²) in [6.45, 7) is 1.70. The van der Waals surface area contributed by atoms with E-state index in [2.05, 4.69) is 15.0 Å². The maximum absolute atomic E-state index is 11.5. The molecule has 0 atom stereocenters. The first kappa shape index (κ1) is 8.89. The summed E-state index contributed by atoms with van der Waals surface area (Å²) in [5.74, 6) is 0. The number of hydrogen-bond acceptors (Lipinski definition) is 3. The molecular formula is C8H7N3O2S. The van der Waals surface area contributed by atoms with Crippen LogP contribution in [-0.4, -0.2) is 15.0 Å². The molecule has 0 amide bonds. The fourth-order valence-corrected chi connectivity index (χ4v) is 1.58. The third kappa shape index (κ3) is 1.29. The molecule has 0 spiro atoms. The van der Waals surface area contributed by atoms with Crippen LogP contribution in [0, 0.1) is 11.7 Å². The van der Waals surface area contributed by atoms with Crippen molar-refractivity contribution in [2.24, 2.45) is 0 Å². The second kappa shape index (κ2) is 2.91. The van der Waals surface area contributed by atoms with Gasteiger partial charge in [-0.15, -0.1) is 0 Å². The van der Waals surface area contributed by atoms with Gasteiger partial charge in [0.05, 0.1) is 5.39 Å². The van der Waals surface area contributed by atoms with Crippen LogP contribution >= 0.6 is 12.2 Å². The molecule has 0 fully saturated rings. The largest absolute Gasteiger partial charge is 0.318 e. The van der Waals surface area contributed by atoms with Crippen LogP contribution in [0.1, 0.15) is 5.56 Å². The predicted octanol–water partition coefficient (Wildman–Crippen LogP) is 0.582. The van der Waals surface area contributed by atoms with E-state index in [4.69, 9.17) is 12.2 Å². The van der Waals surface area contributed by atoms with Gasteiger partial charge in [0.25, 0.3) is 5.56 Å². The fraction of sp³-hybridized carbons (Fsp3) is 0.125. The molecule has 0 aliphatic rings. The number of fused-ring (bicyclic) bond motifs is 1. The molecule has 0 saturated heterocycles. The number of H-pyrrole nitrogens is 3. The molecule has 0 bridgehead atoms. The van der Waals surface area contributed by atoms with Crippen LogP contribution in [0.3, 0.4) is 0 Å². The van der Waals surface area contributed by atoms with E-state index in [1.54, 1.807) is 6.92 Å². The summed E-state index contributed by atoms with van der Waals surface area (Å²) in [6.07, 6.45) is 0. The maximum Gasteiger partial charge on any atom is 0.261 e. The minimum atomic E-state index is -0.294. The van der Waals surface area contributed by atoms with Crippen LogP contribution < -0.4 is 11.1 Å². The molecule has 3 N–H and O–H groups in total. The van der Waals surface area contributed by atoms with E-state index in [-0.39, 0.29) is 15.9 Å². The third-order valence-corrected chi connectivity index (χ3v) is 2.14. The van der Waals surface area contributed by atoms with Gasteiger partial charge in [-0.1, -0.05) is 0 Å². The summed E-state index contributed by atoms with van der Waals surface area (Å²) in [4.78, 5) is 30.3. The Morgan fingerprint density at radius 3 is 2.64 bits per heavy atom. The monoisotopic (exact) mass is 209 g/mol. The second-order valence-electron chi connectivity index (χ2n) is 2.97. The van der Waals surface area contributed by atoms with Crippen LogP contribution in [0.25, 0.3) is 11.0 Å². The van der Waals surface area contributed by atoms with E-state index in [0.29, 0.717) is 16.6 Å². The summed E-state index contributed by atoms with van der Waals surface area (Å²) in [5.41, 5.74) is 0.434. The first-order chi connectivity index (χ1) is 6.58. The normalized spacial score (nSPS) is 10.6. The number of hydrogen-bond donors (Lipinski definition) is 3. The predicted molar refractivity (Wildman–Crippen MR) is 55.1 cm³/mol. The van der Waals surface area contributed by atoms with Crippen molar-refractivity contribution in [3.63, 3.8) is 0 Å². The number of aromatic amines is 3. The highest BCUT2D eigenvalue weighted by Crippen LogP contribution is 2.04. The topological polar surface area (TPSA) is 81.5 Å². The lowest BCUT2D eigenvalue weighted by atomic mass is 10.2. The number of aromatic nitrogens is 3. The van der Waals surface area contributed by atoms with Crippen LogP contribution in [0.4, 0.5) is 0 Å². The fourth-order valence-electron chi connectivity index (χ4n) is 1.38. The maximum atomic E-state index is 11.5. The van der Waals surface area contributed by atoms with Gasteiger partial charge in [-0.25, -0.2) is 0 Å². The molecule has 0 saturated carbocycles. The van der Waals surface area contributed by atoms with E-state index in [9.17, 15) is 9.59 Å². The zero-order chi connectivity index (χ0) is 10.3. The van der Waals surface area contributed by atoms with Crippen LogP contribution in [0.2, 0.25) is 0 Å². The van der Waals surface area contributed by atoms with Crippen molar-refractivity contribution in [3.05, 3.63) is 37.1 Å². The van der Waals surface area contributed by atoms with Gasteiger partial charge in [-0.2, -0.15) is 0 Å². The standard InChI is InChI=1S/C8H7N3O2S/c1-3-2-4(12)9-6-5(3)7(13)11-8(14)10-6/h2H,1H3,(H3,9,10,11,12,13,14). The summed E-state index contributed by atoms with van der Waals surface area (Å²) < 4.78 is 0.198. The Kier molecular flexibility index (Phi) is 1.85. The first-order valence-corrected chi connectivity index (χ1v) is 4.35. The SMILES string of the molecule is Cc1cc(=O)[nH]c2[nH]c(=S)[nH]c(=O)c12. The average molecular weight is 209 g/mol. The Bertz CT molecular complexity index is 659. The molecule has 6 heteroatoms. The smallest absolute Gasteiger partial charge is 0.261 e. The van der Waals surface area contributed by atoms with Gasteiger partial charge < -0.3 is 9.97 Å². The molecular weight excluding hydrogens is 202 g/mol. The molecule has 14 heavy (non-hydrogen) atoms. The van der Waals surface area contributed by atoms with Crippen molar-refractivity contribution in [2.75, 3.05) is 0 Å². The summed E-state index contributed by atoms with van der Waals surface area (Å²) in [5, 5.41) is 0.429. The number of pyridine rings is 1. The van der Waals surface area contributed by atoms with Crippen LogP contribution in [0.5, 0.6) is 0 Å². The number of aryl methyl sites for hydroxylation is 1. The van der Waals surface area contributed by atoms with E-state index in [1.807, 2.05) is 0 Å². The minimum Gasteiger partial charge on any atom is -0.318 e. The molecule has 2 aromatic rings. The number of rotatable bonds is 0. The summed E-state index contributed by atoms with van der Waals surface area (Å²) in [7, 11) is 0. The van der Waals surface area contributed by atoms with E-state index < -0.39 is 0 Å². The highest BCUT2D eigenvalue weighted by molar-refractivity contribution is 7.71. The minimum absolute atomic E-state index is 0.198. The highest BCUT2D eigenvalue weighted by Gasteiger charge is 2.03. The molecule has 72 valence electrons. The van der Waals surface area contributed by atoms with Gasteiger partial charge in [0.1, 0.15) is 5.65 Å². The third-order valence-electron chi connectivity index (χ3n) is 1.93. The lowest BCUT2D eigenvalue weighted by Gasteiger charge is -1.99. The molecule has 0 unspecified atom stereocenters. The summed E-state index contributed by atoms with van der Waals surface area (Å²) in [6, 6.07) is 1.37. The molecule has 2 heterocycles. The molecule has 0 aliphatic heterocycles. The Morgan fingerprint density at radius 2 is 1.93 bits per heavy atom. The van der Waals surface area contributed by atoms with E-state index in [1.165, 1.54) is 6.07 Å². The first-order valence-electron chi connectivity index (χ1n) is 3.94. The van der Waals surface area contributed by atoms with Crippen molar-refractivity contribution >= 4 is 23.3 Å². The Balaban J connectivity index is 3.18. The molecule has 2 aromatic heterocycles. The van der Waals surface area contributed by atoms with Gasteiger partial charge in [-0.05, 0) is 24.7 Å². The zero-order valence-electron chi connectivity index (χ0n) is 7.30. The van der Waals surface area contributed by atoms with Gasteiger partial charge in [0.2, 0.25) is 5.56 Å². The molecule has 0 radical (unpaired) electrons. The van der Waals surface area contributed by atoms with Crippen LogP contribution in [-0.2, 0) is 0 Å². The van der Waals surface area contributed by atoms with Crippen molar-refractivity contribution in [1.82, 2.24) is 15.0 Å². The van der Waals surface area contributed by atoms with Crippen LogP contribution in [0.15, 0.2) is 15.7 Å². The quantitative estimate of drug-likeness (QED) is 0.555. The van der Waals surface area contributed by atoms with E-state index in [0.717, 1.165) is 0 Å². The zero-order valence-corrected chi connectivity index (χ0v) is 8.12. The van der Waals surface area contributed by atoms with Crippen molar-refractivity contribution in [1.29, 1.82) is 0 Å². The molecule has 0 aliphatic carbocycles. The molecule has 2 rings (SSSR count). The molecule has 5 nitrogen and oxygen atoms in total. The van der Waals surface area contributed by atoms with E-state index >= 15 is 0 Å². The van der Waals surface area contributed by atoms with Crippen molar-refractivity contribution in [2.45, 2.75) is 6.92 Å². The Morgan fingerprint density at radius 1 is 1.21 bits per heavy atom. The van der Waals surface area contributed by atoms with Gasteiger partial charge >= 0.3 is 0 Å². The Labute approximate surface area is 82.8 Å². The van der Waals surface area contributed by atoms with Gasteiger partial charge in [-0.3, -0.25) is 14.6 Å². The second-order valence-corrected chi connectivity index (χ2v) is 3.38. The highest BCUT2D eigenvalue weighted by atomic mass is 32.1. The lowest BCUT2D eigenvalue weighted by Crippen LogP contribution is -2.15. The number of nitrogens with one attached hydrogen (secondary N) is 3. The summed E-state index contributed by atoms with van der Waals surface area (Å²) >= 11 is 4.78. The van der Waals surface area contributed by atoms with Crippen molar-refractivity contribution < 1.29 is 0 Å². The average Bonchev–Trinajstić information content (AvgIpc) is 1.99.